The van der Waals surface area contributed by atoms with Crippen molar-refractivity contribution in [3.05, 3.63) is 11.5 Å². The molecule has 1 fully saturated rings. The minimum atomic E-state index is -0.607. The number of hydrazine groups is 1. The number of unbranched alkanes of at least 4 members (excludes halogenated alkanes) is 2. The van der Waals surface area contributed by atoms with Crippen LogP contribution in [0.2, 0.25) is 0 Å². The van der Waals surface area contributed by atoms with Gasteiger partial charge in [-0.1, -0.05) is 26.2 Å². The predicted octanol–water partition coefficient (Wildman–Crippen LogP) is 1.25. The molecule has 1 unspecified atom stereocenters. The molecule has 3 N–H and O–H groups in total. The third-order valence-electron chi connectivity index (χ3n) is 4.66. The fraction of sp³-hybridized carbons (Fsp3) is 0.667. The molecule has 29 heavy (non-hydrogen) atoms. The van der Waals surface area contributed by atoms with E-state index in [9.17, 15) is 19.2 Å². The Bertz CT molecular complexity index is 687. The van der Waals surface area contributed by atoms with Crippen LogP contribution in [0.25, 0.3) is 0 Å². The minimum absolute atomic E-state index is 0.0577. The zero-order valence-electron chi connectivity index (χ0n) is 16.9. The van der Waals surface area contributed by atoms with Crippen molar-refractivity contribution >= 4 is 24.1 Å². The first kappa shape index (κ1) is 22.8. The number of amides is 2. The lowest BCUT2D eigenvalue weighted by molar-refractivity contribution is -0.154. The van der Waals surface area contributed by atoms with Gasteiger partial charge in [-0.15, -0.1) is 0 Å². The number of anilines is 2. The quantitative estimate of drug-likeness (QED) is 0.215. The van der Waals surface area contributed by atoms with E-state index in [2.05, 4.69) is 20.8 Å². The first-order chi connectivity index (χ1) is 14.0. The van der Waals surface area contributed by atoms with Gasteiger partial charge in [0.1, 0.15) is 0 Å². The summed E-state index contributed by atoms with van der Waals surface area (Å²) in [7, 11) is 0. The molecular formula is C18H29FN6O4. The Labute approximate surface area is 169 Å². The first-order valence-electron chi connectivity index (χ1n) is 9.79. The predicted molar refractivity (Wildman–Crippen MR) is 104 cm³/mol. The van der Waals surface area contributed by atoms with Crippen LogP contribution in [0.3, 0.4) is 0 Å². The summed E-state index contributed by atoms with van der Waals surface area (Å²) < 4.78 is 19.7. The summed E-state index contributed by atoms with van der Waals surface area (Å²) in [5.74, 6) is -1.32. The van der Waals surface area contributed by atoms with Gasteiger partial charge in [0.2, 0.25) is 18.3 Å². The Kier molecular flexibility index (Phi) is 9.00. The number of morpholine rings is 1. The molecule has 1 aliphatic heterocycles. The number of aromatic nitrogens is 2. The van der Waals surface area contributed by atoms with Crippen LogP contribution in [-0.4, -0.2) is 65.4 Å². The highest BCUT2D eigenvalue weighted by molar-refractivity contribution is 5.80. The number of nitrogens with zero attached hydrogens (tertiary/aromatic N) is 4. The van der Waals surface area contributed by atoms with Gasteiger partial charge in [0.25, 0.3) is 0 Å². The van der Waals surface area contributed by atoms with E-state index in [1.54, 1.807) is 4.90 Å². The van der Waals surface area contributed by atoms with Crippen LogP contribution in [0.4, 0.5) is 16.2 Å². The summed E-state index contributed by atoms with van der Waals surface area (Å²) in [4.78, 5) is 33.2. The molecule has 0 bridgehead atoms. The Morgan fingerprint density at radius 2 is 2.10 bits per heavy atom. The van der Waals surface area contributed by atoms with Crippen LogP contribution < -0.4 is 15.8 Å². The second kappa shape index (κ2) is 11.5. The fourth-order valence-corrected chi connectivity index (χ4v) is 3.02. The van der Waals surface area contributed by atoms with Gasteiger partial charge in [0.05, 0.1) is 31.4 Å². The molecule has 2 amide bonds. The maximum absolute atomic E-state index is 14.5. The molecule has 0 radical (unpaired) electrons. The zero-order valence-corrected chi connectivity index (χ0v) is 16.9. The van der Waals surface area contributed by atoms with Crippen molar-refractivity contribution in [2.45, 2.75) is 39.5 Å². The van der Waals surface area contributed by atoms with Crippen molar-refractivity contribution in [3.63, 3.8) is 0 Å². The van der Waals surface area contributed by atoms with Crippen molar-refractivity contribution in [1.29, 1.82) is 0 Å². The van der Waals surface area contributed by atoms with E-state index < -0.39 is 17.6 Å². The van der Waals surface area contributed by atoms with E-state index in [4.69, 9.17) is 4.74 Å². The number of nitrogens with one attached hydrogen (secondary N) is 2. The van der Waals surface area contributed by atoms with E-state index in [0.29, 0.717) is 37.8 Å². The average molecular weight is 412 g/mol. The molecule has 162 valence electrons. The van der Waals surface area contributed by atoms with Gasteiger partial charge in [-0.3, -0.25) is 25.6 Å². The molecule has 1 atom stereocenters. The number of hydrogen-bond donors (Lipinski definition) is 3. The summed E-state index contributed by atoms with van der Waals surface area (Å²) >= 11 is 0. The van der Waals surface area contributed by atoms with Gasteiger partial charge in [-0.05, 0) is 13.3 Å². The normalized spacial score (nSPS) is 15.0. The van der Waals surface area contributed by atoms with Gasteiger partial charge in [0, 0.05) is 13.1 Å². The third kappa shape index (κ3) is 6.79. The highest BCUT2D eigenvalue weighted by Gasteiger charge is 2.23. The molecule has 1 aliphatic rings. The highest BCUT2D eigenvalue weighted by Crippen LogP contribution is 2.21. The van der Waals surface area contributed by atoms with E-state index in [-0.39, 0.29) is 30.4 Å². The number of halogens is 1. The van der Waals surface area contributed by atoms with Crippen LogP contribution in [-0.2, 0) is 14.3 Å². The Balaban J connectivity index is 2.04. The lowest BCUT2D eigenvalue weighted by Crippen LogP contribution is -2.41. The van der Waals surface area contributed by atoms with Gasteiger partial charge in [-0.25, -0.2) is 14.4 Å². The number of hydroxylamine groups is 2. The Morgan fingerprint density at radius 1 is 1.38 bits per heavy atom. The van der Waals surface area contributed by atoms with Crippen molar-refractivity contribution in [2.24, 2.45) is 5.92 Å². The van der Waals surface area contributed by atoms with Crippen molar-refractivity contribution in [3.8, 4) is 0 Å². The second-order valence-electron chi connectivity index (χ2n) is 6.90. The van der Waals surface area contributed by atoms with Crippen molar-refractivity contribution < 1.29 is 23.9 Å². The highest BCUT2D eigenvalue weighted by atomic mass is 19.1. The SMILES string of the molecule is CCCCCC(CN(O)C=O)C(=O)NNc1nc(C)c(F)c(N2CCOCC2)n1. The van der Waals surface area contributed by atoms with E-state index in [1.165, 1.54) is 6.92 Å². The van der Waals surface area contributed by atoms with E-state index >= 15 is 0 Å². The maximum atomic E-state index is 14.5. The number of carbonyl (C=O) groups excluding carboxylic acids is 2. The van der Waals surface area contributed by atoms with Crippen LogP contribution in [0.15, 0.2) is 0 Å². The van der Waals surface area contributed by atoms with E-state index in [0.717, 1.165) is 19.3 Å². The minimum Gasteiger partial charge on any atom is -0.378 e. The molecule has 11 heteroatoms. The number of aryl methyl sites for hydroxylation is 1. The molecular weight excluding hydrogens is 383 g/mol. The smallest absolute Gasteiger partial charge is 0.244 e. The summed E-state index contributed by atoms with van der Waals surface area (Å²) in [5.41, 5.74) is 5.27. The summed E-state index contributed by atoms with van der Waals surface area (Å²) in [5, 5.41) is 9.90. The largest absolute Gasteiger partial charge is 0.378 e. The standard InChI is InChI=1S/C18H29FN6O4/c1-3-4-5-6-14(11-25(28)12-26)17(27)22-23-18-20-13(2)15(19)16(21-18)24-7-9-29-10-8-24/h12,14,28H,3-11H2,1-2H3,(H,22,27)(H,20,21,23). The lowest BCUT2D eigenvalue weighted by atomic mass is 10.0. The summed E-state index contributed by atoms with van der Waals surface area (Å²) in [6, 6.07) is 0. The first-order valence-corrected chi connectivity index (χ1v) is 9.79. The molecule has 0 aliphatic carbocycles. The molecule has 0 saturated carbocycles. The molecule has 1 aromatic rings. The van der Waals surface area contributed by atoms with Crippen molar-refractivity contribution in [1.82, 2.24) is 20.5 Å². The van der Waals surface area contributed by atoms with E-state index in [1.807, 2.05) is 6.92 Å². The molecule has 2 rings (SSSR count). The van der Waals surface area contributed by atoms with Gasteiger partial charge >= 0.3 is 0 Å². The van der Waals surface area contributed by atoms with Crippen LogP contribution in [0.5, 0.6) is 0 Å². The van der Waals surface area contributed by atoms with Crippen LogP contribution in [0, 0.1) is 18.7 Å². The van der Waals surface area contributed by atoms with Gasteiger partial charge < -0.3 is 9.64 Å². The molecule has 1 saturated heterocycles. The maximum Gasteiger partial charge on any atom is 0.244 e. The number of ether oxygens (including phenoxy) is 1. The molecule has 1 aromatic heterocycles. The number of carbonyl (C=O) groups is 2. The molecule has 0 spiro atoms. The molecule has 0 aromatic carbocycles. The lowest BCUT2D eigenvalue weighted by Gasteiger charge is -2.28. The summed E-state index contributed by atoms with van der Waals surface area (Å²) in [6.45, 7) is 5.43. The molecule has 2 heterocycles. The number of hydrogen-bond acceptors (Lipinski definition) is 8. The molecule has 10 nitrogen and oxygen atoms in total. The van der Waals surface area contributed by atoms with Crippen molar-refractivity contribution in [2.75, 3.05) is 43.2 Å². The third-order valence-corrected chi connectivity index (χ3v) is 4.66. The van der Waals surface area contributed by atoms with Gasteiger partial charge in [-0.2, -0.15) is 4.98 Å². The number of rotatable bonds is 11. The summed E-state index contributed by atoms with van der Waals surface area (Å²) in [6.07, 6.45) is 3.47. The Morgan fingerprint density at radius 3 is 2.76 bits per heavy atom. The topological polar surface area (TPSA) is 120 Å². The Hall–Kier alpha value is -2.53. The van der Waals surface area contributed by atoms with Crippen LogP contribution in [0.1, 0.15) is 38.3 Å². The monoisotopic (exact) mass is 412 g/mol. The fourth-order valence-electron chi connectivity index (χ4n) is 3.02. The zero-order chi connectivity index (χ0) is 21.2. The van der Waals surface area contributed by atoms with Crippen LogP contribution >= 0.6 is 0 Å². The van der Waals surface area contributed by atoms with Gasteiger partial charge in [0.15, 0.2) is 11.6 Å². The average Bonchev–Trinajstić information content (AvgIpc) is 2.74. The second-order valence-corrected chi connectivity index (χ2v) is 6.90.